The molecule has 0 atom stereocenters. The second-order valence-electron chi connectivity index (χ2n) is 13.7. The van der Waals surface area contributed by atoms with Crippen molar-refractivity contribution in [2.45, 2.75) is 0 Å². The van der Waals surface area contributed by atoms with Gasteiger partial charge in [-0.05, 0) is 98.2 Å². The average molecular weight is 690 g/mol. The molecule has 9 aromatic carbocycles. The minimum Gasteiger partial charge on any atom is -0.455 e. The van der Waals surface area contributed by atoms with Crippen LogP contribution in [0.25, 0.3) is 77.2 Å². The lowest BCUT2D eigenvalue weighted by atomic mass is 9.95. The molecule has 1 heterocycles. The highest BCUT2D eigenvalue weighted by atomic mass is 16.3. The smallest absolute Gasteiger partial charge is 0.143 e. The standard InChI is InChI=1S/C52H35NO/c1-2-11-36(12-3-1)37-23-29-43(30-24-37)53(45-33-27-40(28-34-45)48-20-10-21-50-49-18-6-7-22-51(49)54-52(48)50)44-31-25-38(26-32-44)41-15-8-16-42(35-41)47-19-9-14-39-13-4-5-17-46(39)47/h1-35H. The van der Waals surface area contributed by atoms with Crippen LogP contribution in [0.15, 0.2) is 217 Å². The van der Waals surface area contributed by atoms with Crippen molar-refractivity contribution in [2.75, 3.05) is 4.90 Å². The number of rotatable bonds is 7. The lowest BCUT2D eigenvalue weighted by Gasteiger charge is -2.26. The molecule has 2 nitrogen and oxygen atoms in total. The van der Waals surface area contributed by atoms with Crippen LogP contribution in [0.4, 0.5) is 17.1 Å². The largest absolute Gasteiger partial charge is 0.455 e. The van der Waals surface area contributed by atoms with Crippen molar-refractivity contribution in [1.29, 1.82) is 0 Å². The molecule has 0 radical (unpaired) electrons. The lowest BCUT2D eigenvalue weighted by molar-refractivity contribution is 0.670. The van der Waals surface area contributed by atoms with Crippen molar-refractivity contribution < 1.29 is 4.42 Å². The monoisotopic (exact) mass is 689 g/mol. The molecule has 0 fully saturated rings. The molecular formula is C52H35NO. The van der Waals surface area contributed by atoms with Gasteiger partial charge in [0.05, 0.1) is 0 Å². The summed E-state index contributed by atoms with van der Waals surface area (Å²) >= 11 is 0. The van der Waals surface area contributed by atoms with Crippen LogP contribution in [-0.2, 0) is 0 Å². The normalized spacial score (nSPS) is 11.3. The SMILES string of the molecule is c1ccc(-c2ccc(N(c3ccc(-c4cccc(-c5cccc6ccccc56)c4)cc3)c3ccc(-c4cccc5c4oc4ccccc45)cc3)cc2)cc1. The fraction of sp³-hybridized carbons (Fsp3) is 0. The van der Waals surface area contributed by atoms with Crippen molar-refractivity contribution in [3.63, 3.8) is 0 Å². The van der Waals surface area contributed by atoms with E-state index in [-0.39, 0.29) is 0 Å². The maximum atomic E-state index is 6.39. The molecule has 1 aromatic heterocycles. The third kappa shape index (κ3) is 5.71. The molecule has 0 saturated carbocycles. The maximum absolute atomic E-state index is 6.39. The second-order valence-corrected chi connectivity index (χ2v) is 13.7. The zero-order valence-electron chi connectivity index (χ0n) is 29.6. The Labute approximate surface area is 314 Å². The maximum Gasteiger partial charge on any atom is 0.143 e. The summed E-state index contributed by atoms with van der Waals surface area (Å²) in [5.41, 5.74) is 14.5. The van der Waals surface area contributed by atoms with Crippen molar-refractivity contribution in [3.8, 4) is 44.5 Å². The average Bonchev–Trinajstić information content (AvgIpc) is 3.64. The Morgan fingerprint density at radius 2 is 0.778 bits per heavy atom. The van der Waals surface area contributed by atoms with Crippen LogP contribution in [0.5, 0.6) is 0 Å². The first-order chi connectivity index (χ1) is 26.8. The third-order valence-electron chi connectivity index (χ3n) is 10.5. The van der Waals surface area contributed by atoms with E-state index in [1.54, 1.807) is 0 Å². The van der Waals surface area contributed by atoms with Crippen LogP contribution in [0.1, 0.15) is 0 Å². The van der Waals surface area contributed by atoms with Gasteiger partial charge in [0, 0.05) is 33.4 Å². The van der Waals surface area contributed by atoms with E-state index < -0.39 is 0 Å². The molecule has 0 bridgehead atoms. The van der Waals surface area contributed by atoms with Gasteiger partial charge in [0.1, 0.15) is 11.2 Å². The summed E-state index contributed by atoms with van der Waals surface area (Å²) in [6.45, 7) is 0. The number of hydrogen-bond donors (Lipinski definition) is 0. The molecule has 0 saturated heterocycles. The molecule has 0 amide bonds. The van der Waals surface area contributed by atoms with Crippen LogP contribution in [0.2, 0.25) is 0 Å². The van der Waals surface area contributed by atoms with E-state index in [1.165, 1.54) is 44.2 Å². The molecule has 254 valence electrons. The summed E-state index contributed by atoms with van der Waals surface area (Å²) in [6.07, 6.45) is 0. The van der Waals surface area contributed by atoms with E-state index in [0.29, 0.717) is 0 Å². The minimum atomic E-state index is 0.908. The van der Waals surface area contributed by atoms with Gasteiger partial charge >= 0.3 is 0 Å². The summed E-state index contributed by atoms with van der Waals surface area (Å²) in [5.74, 6) is 0. The fourth-order valence-electron chi connectivity index (χ4n) is 7.79. The topological polar surface area (TPSA) is 16.4 Å². The fourth-order valence-corrected chi connectivity index (χ4v) is 7.79. The number of para-hydroxylation sites is 2. The van der Waals surface area contributed by atoms with Crippen LogP contribution in [-0.4, -0.2) is 0 Å². The van der Waals surface area contributed by atoms with Crippen molar-refractivity contribution in [1.82, 2.24) is 0 Å². The molecule has 0 unspecified atom stereocenters. The van der Waals surface area contributed by atoms with Gasteiger partial charge < -0.3 is 9.32 Å². The van der Waals surface area contributed by atoms with Gasteiger partial charge in [0.25, 0.3) is 0 Å². The molecule has 0 N–H and O–H groups in total. The number of nitrogens with zero attached hydrogens (tertiary/aromatic N) is 1. The van der Waals surface area contributed by atoms with Crippen LogP contribution in [0.3, 0.4) is 0 Å². The Bertz CT molecular complexity index is 2900. The van der Waals surface area contributed by atoms with Crippen molar-refractivity contribution in [3.05, 3.63) is 212 Å². The molecule has 2 heteroatoms. The Hall–Kier alpha value is -7.16. The lowest BCUT2D eigenvalue weighted by Crippen LogP contribution is -2.09. The zero-order chi connectivity index (χ0) is 35.8. The molecule has 10 rings (SSSR count). The molecule has 0 aliphatic heterocycles. The number of anilines is 3. The predicted octanol–water partition coefficient (Wildman–Crippen LogP) is 14.9. The second kappa shape index (κ2) is 13.4. The van der Waals surface area contributed by atoms with Crippen LogP contribution < -0.4 is 4.90 Å². The Balaban J connectivity index is 1.02. The van der Waals surface area contributed by atoms with E-state index in [4.69, 9.17) is 4.42 Å². The summed E-state index contributed by atoms with van der Waals surface area (Å²) in [7, 11) is 0. The van der Waals surface area contributed by atoms with Gasteiger partial charge in [0.2, 0.25) is 0 Å². The Kier molecular flexibility index (Phi) is 7.85. The third-order valence-corrected chi connectivity index (χ3v) is 10.5. The molecule has 54 heavy (non-hydrogen) atoms. The summed E-state index contributed by atoms with van der Waals surface area (Å²) in [5, 5.41) is 4.79. The van der Waals surface area contributed by atoms with E-state index in [9.17, 15) is 0 Å². The summed E-state index contributed by atoms with van der Waals surface area (Å²) in [6, 6.07) is 75.8. The van der Waals surface area contributed by atoms with Crippen molar-refractivity contribution in [2.24, 2.45) is 0 Å². The van der Waals surface area contributed by atoms with Gasteiger partial charge in [-0.25, -0.2) is 0 Å². The van der Waals surface area contributed by atoms with Crippen LogP contribution >= 0.6 is 0 Å². The predicted molar refractivity (Wildman–Crippen MR) is 228 cm³/mol. The minimum absolute atomic E-state index is 0.908. The molecule has 10 aromatic rings. The number of furan rings is 1. The van der Waals surface area contributed by atoms with E-state index in [1.807, 2.05) is 12.1 Å². The van der Waals surface area contributed by atoms with Gasteiger partial charge in [-0.1, -0.05) is 164 Å². The summed E-state index contributed by atoms with van der Waals surface area (Å²) < 4.78 is 6.39. The van der Waals surface area contributed by atoms with E-state index in [2.05, 4.69) is 205 Å². The van der Waals surface area contributed by atoms with Gasteiger partial charge in [-0.3, -0.25) is 0 Å². The first-order valence-corrected chi connectivity index (χ1v) is 18.4. The van der Waals surface area contributed by atoms with Gasteiger partial charge in [0.15, 0.2) is 0 Å². The first-order valence-electron chi connectivity index (χ1n) is 18.4. The highest BCUT2D eigenvalue weighted by Gasteiger charge is 2.16. The van der Waals surface area contributed by atoms with E-state index >= 15 is 0 Å². The molecule has 0 aliphatic carbocycles. The zero-order valence-corrected chi connectivity index (χ0v) is 29.6. The Morgan fingerprint density at radius 3 is 1.52 bits per heavy atom. The number of benzene rings is 9. The molecule has 0 aliphatic rings. The number of hydrogen-bond acceptors (Lipinski definition) is 2. The highest BCUT2D eigenvalue weighted by molar-refractivity contribution is 6.09. The number of fused-ring (bicyclic) bond motifs is 4. The quantitative estimate of drug-likeness (QED) is 0.166. The van der Waals surface area contributed by atoms with Crippen LogP contribution in [0, 0.1) is 0 Å². The van der Waals surface area contributed by atoms with E-state index in [0.717, 1.165) is 50.1 Å². The van der Waals surface area contributed by atoms with Crippen molar-refractivity contribution >= 4 is 49.8 Å². The van der Waals surface area contributed by atoms with Gasteiger partial charge in [-0.2, -0.15) is 0 Å². The summed E-state index contributed by atoms with van der Waals surface area (Å²) in [4.78, 5) is 2.33. The molecule has 0 spiro atoms. The van der Waals surface area contributed by atoms with Gasteiger partial charge in [-0.15, -0.1) is 0 Å². The molecular weight excluding hydrogens is 655 g/mol. The highest BCUT2D eigenvalue weighted by Crippen LogP contribution is 2.40. The first kappa shape index (κ1) is 31.6. The Morgan fingerprint density at radius 1 is 0.296 bits per heavy atom.